The fourth-order valence-corrected chi connectivity index (χ4v) is 4.92. The predicted molar refractivity (Wildman–Crippen MR) is 168 cm³/mol. The third-order valence-corrected chi connectivity index (χ3v) is 7.28. The highest BCUT2D eigenvalue weighted by Crippen LogP contribution is 2.23. The van der Waals surface area contributed by atoms with Crippen molar-refractivity contribution in [3.8, 4) is 5.75 Å². The molecular weight excluding hydrogens is 562 g/mol. The highest BCUT2D eigenvalue weighted by molar-refractivity contribution is 5.90. The second kappa shape index (κ2) is 17.0. The number of rotatable bonds is 17. The summed E-state index contributed by atoms with van der Waals surface area (Å²) in [4.78, 5) is 35.5. The Hall–Kier alpha value is -4.49. The standard InChI is InChI=1S/C31H45N9O4/c1-19-15-22(41)16-20(2)23(19)18-26(38-28(42)24(33)11-8-14-36-31(34)35)29(43)37-25(12-6-7-13-32)30-39-27(40-44-30)17-21-9-4-3-5-10-21/h3-5,9-10,15-16,24-26,41H,6-8,11-14,17-18,32-33H2,1-2H3,(H,37,43)(H,38,42)(H4,34,35,36)/t24-,25+,26-/m0/s1. The van der Waals surface area contributed by atoms with Crippen molar-refractivity contribution in [2.75, 3.05) is 13.1 Å². The normalized spacial score (nSPS) is 13.1. The Morgan fingerprint density at radius 2 is 1.70 bits per heavy atom. The van der Waals surface area contributed by atoms with E-state index in [-0.39, 0.29) is 24.0 Å². The molecule has 0 saturated heterocycles. The molecule has 0 spiro atoms. The van der Waals surface area contributed by atoms with Gasteiger partial charge in [0.05, 0.1) is 6.04 Å². The second-order valence-electron chi connectivity index (χ2n) is 10.9. The van der Waals surface area contributed by atoms with Crippen LogP contribution in [-0.4, -0.2) is 58.2 Å². The number of aromatic nitrogens is 2. The molecule has 11 N–H and O–H groups in total. The molecule has 0 saturated carbocycles. The van der Waals surface area contributed by atoms with Gasteiger partial charge in [-0.05, 0) is 86.9 Å². The number of benzene rings is 2. The van der Waals surface area contributed by atoms with Crippen molar-refractivity contribution in [1.82, 2.24) is 20.8 Å². The topological polar surface area (TPSA) is 234 Å². The number of aryl methyl sites for hydroxylation is 2. The molecule has 238 valence electrons. The van der Waals surface area contributed by atoms with Gasteiger partial charge in [-0.1, -0.05) is 35.5 Å². The molecule has 0 aliphatic heterocycles. The lowest BCUT2D eigenvalue weighted by Gasteiger charge is -2.24. The number of phenols is 1. The molecule has 1 aromatic heterocycles. The lowest BCUT2D eigenvalue weighted by atomic mass is 9.95. The number of nitrogens with one attached hydrogen (secondary N) is 2. The highest BCUT2D eigenvalue weighted by Gasteiger charge is 2.29. The zero-order chi connectivity index (χ0) is 32.1. The van der Waals surface area contributed by atoms with Crippen molar-refractivity contribution in [1.29, 1.82) is 0 Å². The second-order valence-corrected chi connectivity index (χ2v) is 10.9. The maximum atomic E-state index is 13.9. The van der Waals surface area contributed by atoms with Gasteiger partial charge >= 0.3 is 0 Å². The van der Waals surface area contributed by atoms with E-state index < -0.39 is 29.9 Å². The molecule has 2 amide bonds. The summed E-state index contributed by atoms with van der Waals surface area (Å²) in [6.07, 6.45) is 3.44. The first-order chi connectivity index (χ1) is 21.1. The molecule has 3 atom stereocenters. The third-order valence-electron chi connectivity index (χ3n) is 7.28. The maximum absolute atomic E-state index is 13.9. The largest absolute Gasteiger partial charge is 0.508 e. The van der Waals surface area contributed by atoms with Crippen molar-refractivity contribution < 1.29 is 19.2 Å². The zero-order valence-corrected chi connectivity index (χ0v) is 25.5. The molecule has 0 radical (unpaired) electrons. The molecule has 0 fully saturated rings. The Morgan fingerprint density at radius 3 is 2.36 bits per heavy atom. The van der Waals surface area contributed by atoms with Crippen LogP contribution in [0.15, 0.2) is 52.0 Å². The number of guanidine groups is 1. The summed E-state index contributed by atoms with van der Waals surface area (Å²) in [7, 11) is 0. The smallest absolute Gasteiger partial charge is 0.249 e. The fourth-order valence-electron chi connectivity index (χ4n) is 4.92. The van der Waals surface area contributed by atoms with E-state index in [1.54, 1.807) is 12.1 Å². The number of carbonyl (C=O) groups is 2. The van der Waals surface area contributed by atoms with Gasteiger partial charge in [0.2, 0.25) is 17.7 Å². The van der Waals surface area contributed by atoms with Crippen molar-refractivity contribution >= 4 is 17.8 Å². The Bertz CT molecular complexity index is 1370. The Balaban J connectivity index is 1.82. The monoisotopic (exact) mass is 607 g/mol. The van der Waals surface area contributed by atoms with Crippen molar-refractivity contribution in [3.63, 3.8) is 0 Å². The zero-order valence-electron chi connectivity index (χ0n) is 25.5. The minimum atomic E-state index is -0.975. The van der Waals surface area contributed by atoms with Gasteiger partial charge in [-0.2, -0.15) is 4.98 Å². The molecule has 1 heterocycles. The number of unbranched alkanes of at least 4 members (excludes halogenated alkanes) is 1. The van der Waals surface area contributed by atoms with E-state index in [2.05, 4.69) is 25.8 Å². The van der Waals surface area contributed by atoms with Crippen LogP contribution in [0.25, 0.3) is 0 Å². The average molecular weight is 608 g/mol. The lowest BCUT2D eigenvalue weighted by molar-refractivity contribution is -0.130. The van der Waals surface area contributed by atoms with Gasteiger partial charge in [-0.15, -0.1) is 0 Å². The molecule has 44 heavy (non-hydrogen) atoms. The Kier molecular flexibility index (Phi) is 13.1. The molecule has 0 bridgehead atoms. The molecule has 2 aromatic carbocycles. The third kappa shape index (κ3) is 10.7. The predicted octanol–water partition coefficient (Wildman–Crippen LogP) is 1.38. The summed E-state index contributed by atoms with van der Waals surface area (Å²) in [5.74, 6) is -0.0471. The first-order valence-electron chi connectivity index (χ1n) is 14.8. The Labute approximate surface area is 257 Å². The molecular formula is C31H45N9O4. The minimum absolute atomic E-state index is 0.0335. The quantitative estimate of drug-likeness (QED) is 0.0661. The van der Waals surface area contributed by atoms with Gasteiger partial charge in [0.25, 0.3) is 0 Å². The van der Waals surface area contributed by atoms with Crippen LogP contribution in [-0.2, 0) is 22.4 Å². The Morgan fingerprint density at radius 1 is 1.00 bits per heavy atom. The van der Waals surface area contributed by atoms with Crippen LogP contribution in [0.4, 0.5) is 0 Å². The van der Waals surface area contributed by atoms with Crippen molar-refractivity contribution in [2.45, 2.75) is 76.9 Å². The number of aliphatic imine (C=N–C) groups is 1. The van der Waals surface area contributed by atoms with Crippen LogP contribution >= 0.6 is 0 Å². The van der Waals surface area contributed by atoms with Crippen LogP contribution in [0.2, 0.25) is 0 Å². The van der Waals surface area contributed by atoms with Gasteiger partial charge in [0.1, 0.15) is 17.8 Å². The first-order valence-corrected chi connectivity index (χ1v) is 14.8. The molecule has 0 unspecified atom stereocenters. The van der Waals surface area contributed by atoms with Crippen molar-refractivity contribution in [2.24, 2.45) is 27.9 Å². The average Bonchev–Trinajstić information content (AvgIpc) is 3.44. The summed E-state index contributed by atoms with van der Waals surface area (Å²) in [6.45, 7) is 4.52. The molecule has 13 nitrogen and oxygen atoms in total. The number of phenolic OH excluding ortho intramolecular Hbond substituents is 1. The SMILES string of the molecule is Cc1cc(O)cc(C)c1C[C@H](NC(=O)[C@@H](N)CCCN=C(N)N)C(=O)N[C@H](CCCCN)c1nc(Cc2ccccc2)no1. The number of amides is 2. The summed E-state index contributed by atoms with van der Waals surface area (Å²) < 4.78 is 5.60. The molecule has 0 aliphatic carbocycles. The van der Waals surface area contributed by atoms with Gasteiger partial charge in [0.15, 0.2) is 11.8 Å². The van der Waals surface area contributed by atoms with E-state index in [1.807, 2.05) is 44.2 Å². The highest BCUT2D eigenvalue weighted by atomic mass is 16.5. The summed E-state index contributed by atoms with van der Waals surface area (Å²) >= 11 is 0. The van der Waals surface area contributed by atoms with Crippen LogP contribution in [0.1, 0.15) is 72.1 Å². The summed E-state index contributed by atoms with van der Waals surface area (Å²) in [5.41, 5.74) is 26.1. The number of nitrogens with zero attached hydrogens (tertiary/aromatic N) is 3. The molecule has 3 aromatic rings. The number of nitrogens with two attached hydrogens (primary N) is 4. The van der Waals surface area contributed by atoms with E-state index in [0.717, 1.165) is 28.7 Å². The fraction of sp³-hybridized carbons (Fsp3) is 0.452. The molecule has 13 heteroatoms. The molecule has 3 rings (SSSR count). The summed E-state index contributed by atoms with van der Waals surface area (Å²) in [6, 6.07) is 10.6. The van der Waals surface area contributed by atoms with Gasteiger partial charge in [-0.3, -0.25) is 14.6 Å². The van der Waals surface area contributed by atoms with E-state index in [4.69, 9.17) is 27.5 Å². The van der Waals surface area contributed by atoms with Gasteiger partial charge < -0.3 is 43.2 Å². The summed E-state index contributed by atoms with van der Waals surface area (Å²) in [5, 5.41) is 20.0. The van der Waals surface area contributed by atoms with E-state index in [0.29, 0.717) is 51.0 Å². The first kappa shape index (κ1) is 34.0. The number of aromatic hydroxyl groups is 1. The van der Waals surface area contributed by atoms with E-state index in [9.17, 15) is 14.7 Å². The minimum Gasteiger partial charge on any atom is -0.508 e. The van der Waals surface area contributed by atoms with Crippen LogP contribution in [0, 0.1) is 13.8 Å². The van der Waals surface area contributed by atoms with E-state index in [1.165, 1.54) is 0 Å². The van der Waals surface area contributed by atoms with Crippen LogP contribution < -0.4 is 33.6 Å². The number of hydrogen-bond donors (Lipinski definition) is 7. The molecule has 0 aliphatic rings. The van der Waals surface area contributed by atoms with Crippen LogP contribution in [0.3, 0.4) is 0 Å². The van der Waals surface area contributed by atoms with Gasteiger partial charge in [0, 0.05) is 19.4 Å². The number of carbonyl (C=O) groups excluding carboxylic acids is 2. The lowest BCUT2D eigenvalue weighted by Crippen LogP contribution is -2.53. The number of hydrogen-bond acceptors (Lipinski definition) is 9. The van der Waals surface area contributed by atoms with Crippen molar-refractivity contribution in [3.05, 3.63) is 76.4 Å². The van der Waals surface area contributed by atoms with Crippen LogP contribution in [0.5, 0.6) is 5.75 Å². The maximum Gasteiger partial charge on any atom is 0.249 e. The van der Waals surface area contributed by atoms with E-state index >= 15 is 0 Å². The van der Waals surface area contributed by atoms with Gasteiger partial charge in [-0.25, -0.2) is 0 Å².